The van der Waals surface area contributed by atoms with E-state index in [0.29, 0.717) is 37.4 Å². The van der Waals surface area contributed by atoms with Gasteiger partial charge in [0.2, 0.25) is 11.8 Å². The molecule has 1 aromatic heterocycles. The van der Waals surface area contributed by atoms with E-state index in [0.717, 1.165) is 30.6 Å². The average molecular weight is 511 g/mol. The first kappa shape index (κ1) is 23.2. The van der Waals surface area contributed by atoms with E-state index in [1.165, 1.54) is 12.8 Å². The quantitative estimate of drug-likeness (QED) is 0.287. The lowest BCUT2D eigenvalue weighted by molar-refractivity contribution is -0.121. The summed E-state index contributed by atoms with van der Waals surface area (Å²) in [7, 11) is 0. The Kier molecular flexibility index (Phi) is 9.96. The molecule has 0 unspecified atom stereocenters. The number of benzene rings is 1. The number of hydrogen-bond donors (Lipinski definition) is 3. The van der Waals surface area contributed by atoms with Crippen molar-refractivity contribution in [1.29, 1.82) is 0 Å². The van der Waals surface area contributed by atoms with Gasteiger partial charge in [-0.25, -0.2) is 9.98 Å². The largest absolute Gasteiger partial charge is 0.444 e. The summed E-state index contributed by atoms with van der Waals surface area (Å²) in [6, 6.07) is 10.1. The van der Waals surface area contributed by atoms with Gasteiger partial charge in [-0.15, -0.1) is 24.0 Å². The molecule has 1 aromatic carbocycles. The summed E-state index contributed by atoms with van der Waals surface area (Å²) >= 11 is 0. The van der Waals surface area contributed by atoms with Gasteiger partial charge in [0, 0.05) is 31.1 Å². The van der Waals surface area contributed by atoms with Crippen LogP contribution in [-0.2, 0) is 11.3 Å². The third kappa shape index (κ3) is 7.68. The molecule has 0 atom stereocenters. The van der Waals surface area contributed by atoms with Gasteiger partial charge in [-0.3, -0.25) is 4.79 Å². The second-order valence-electron chi connectivity index (χ2n) is 6.93. The average Bonchev–Trinajstić information content (AvgIpc) is 3.39. The molecule has 1 aliphatic carbocycles. The fourth-order valence-corrected chi connectivity index (χ4v) is 3.26. The molecule has 0 radical (unpaired) electrons. The molecule has 8 heteroatoms. The van der Waals surface area contributed by atoms with Crippen molar-refractivity contribution < 1.29 is 9.21 Å². The highest BCUT2D eigenvalue weighted by atomic mass is 127. The maximum absolute atomic E-state index is 12.0. The number of halogens is 1. The first-order chi connectivity index (χ1) is 13.7. The predicted octanol–water partition coefficient (Wildman–Crippen LogP) is 3.46. The molecule has 29 heavy (non-hydrogen) atoms. The van der Waals surface area contributed by atoms with Crippen LogP contribution >= 0.6 is 24.0 Å². The van der Waals surface area contributed by atoms with E-state index in [4.69, 9.17) is 4.42 Å². The van der Waals surface area contributed by atoms with Crippen molar-refractivity contribution in [2.45, 2.75) is 51.6 Å². The Morgan fingerprint density at radius 3 is 2.69 bits per heavy atom. The summed E-state index contributed by atoms with van der Waals surface area (Å²) in [5.74, 6) is 1.35. The minimum absolute atomic E-state index is 0. The summed E-state index contributed by atoms with van der Waals surface area (Å²) in [6.07, 6.45) is 6.70. The van der Waals surface area contributed by atoms with Gasteiger partial charge in [-0.1, -0.05) is 31.0 Å². The molecule has 0 aliphatic heterocycles. The number of hydrogen-bond acceptors (Lipinski definition) is 4. The summed E-state index contributed by atoms with van der Waals surface area (Å²) in [6.45, 7) is 3.69. The van der Waals surface area contributed by atoms with Crippen molar-refractivity contribution in [3.8, 4) is 11.5 Å². The highest BCUT2D eigenvalue weighted by molar-refractivity contribution is 14.0. The van der Waals surface area contributed by atoms with Gasteiger partial charge < -0.3 is 20.4 Å². The Bertz CT molecular complexity index is 772. The van der Waals surface area contributed by atoms with E-state index in [2.05, 4.69) is 25.9 Å². The van der Waals surface area contributed by atoms with E-state index < -0.39 is 0 Å². The second-order valence-corrected chi connectivity index (χ2v) is 6.93. The first-order valence-electron chi connectivity index (χ1n) is 10.1. The zero-order chi connectivity index (χ0) is 19.6. The van der Waals surface area contributed by atoms with Crippen LogP contribution in [0.2, 0.25) is 0 Å². The van der Waals surface area contributed by atoms with Gasteiger partial charge >= 0.3 is 0 Å². The Balaban J connectivity index is 0.00000300. The minimum atomic E-state index is 0. The molecule has 1 saturated carbocycles. The number of aliphatic imine (C=N–C) groups is 1. The van der Waals surface area contributed by atoms with Crippen LogP contribution < -0.4 is 16.0 Å². The molecule has 7 nitrogen and oxygen atoms in total. The molecule has 0 bridgehead atoms. The zero-order valence-electron chi connectivity index (χ0n) is 16.8. The van der Waals surface area contributed by atoms with Crippen molar-refractivity contribution in [3.05, 3.63) is 42.3 Å². The molecule has 2 aromatic rings. The molecule has 158 valence electrons. The van der Waals surface area contributed by atoms with Crippen LogP contribution in [0.25, 0.3) is 11.5 Å². The molecule has 1 amide bonds. The van der Waals surface area contributed by atoms with Gasteiger partial charge in [0.15, 0.2) is 5.96 Å². The van der Waals surface area contributed by atoms with Gasteiger partial charge in [0.25, 0.3) is 0 Å². The summed E-state index contributed by atoms with van der Waals surface area (Å²) < 4.78 is 5.54. The van der Waals surface area contributed by atoms with E-state index >= 15 is 0 Å². The predicted molar refractivity (Wildman–Crippen MR) is 125 cm³/mol. The number of carbonyl (C=O) groups is 1. The number of guanidine groups is 1. The SMILES string of the molecule is CCNC(=NCc1coc(-c2ccccc2)n1)NCCC(=O)NC1CCCC1.I. The van der Waals surface area contributed by atoms with Crippen LogP contribution in [0.5, 0.6) is 0 Å². The van der Waals surface area contributed by atoms with Crippen LogP contribution in [-0.4, -0.2) is 36.0 Å². The Labute approximate surface area is 189 Å². The van der Waals surface area contributed by atoms with Gasteiger partial charge in [-0.05, 0) is 31.9 Å². The molecule has 1 heterocycles. The Morgan fingerprint density at radius 2 is 1.97 bits per heavy atom. The van der Waals surface area contributed by atoms with Crippen molar-refractivity contribution in [3.63, 3.8) is 0 Å². The maximum Gasteiger partial charge on any atom is 0.226 e. The summed E-state index contributed by atoms with van der Waals surface area (Å²) in [5, 5.41) is 9.49. The lowest BCUT2D eigenvalue weighted by atomic mass is 10.2. The molecule has 3 N–H and O–H groups in total. The molecule has 1 fully saturated rings. The fraction of sp³-hybridized carbons (Fsp3) is 0.476. The third-order valence-corrected chi connectivity index (χ3v) is 4.68. The number of amides is 1. The van der Waals surface area contributed by atoms with Crippen LogP contribution in [0.1, 0.15) is 44.7 Å². The summed E-state index contributed by atoms with van der Waals surface area (Å²) in [4.78, 5) is 21.0. The van der Waals surface area contributed by atoms with Crippen molar-refractivity contribution >= 4 is 35.8 Å². The lowest BCUT2D eigenvalue weighted by Crippen LogP contribution is -2.40. The van der Waals surface area contributed by atoms with Crippen LogP contribution in [0, 0.1) is 0 Å². The molecule has 1 aliphatic rings. The topological polar surface area (TPSA) is 91.6 Å². The van der Waals surface area contributed by atoms with Gasteiger partial charge in [0.1, 0.15) is 12.0 Å². The van der Waals surface area contributed by atoms with E-state index in [1.54, 1.807) is 6.26 Å². The number of nitrogens with one attached hydrogen (secondary N) is 3. The van der Waals surface area contributed by atoms with Crippen LogP contribution in [0.3, 0.4) is 0 Å². The highest BCUT2D eigenvalue weighted by Gasteiger charge is 2.16. The second kappa shape index (κ2) is 12.5. The monoisotopic (exact) mass is 511 g/mol. The Hall–Kier alpha value is -2.10. The zero-order valence-corrected chi connectivity index (χ0v) is 19.1. The van der Waals surface area contributed by atoms with Gasteiger partial charge in [-0.2, -0.15) is 0 Å². The number of rotatable bonds is 8. The minimum Gasteiger partial charge on any atom is -0.444 e. The fourth-order valence-electron chi connectivity index (χ4n) is 3.26. The van der Waals surface area contributed by atoms with Crippen molar-refractivity contribution in [2.75, 3.05) is 13.1 Å². The summed E-state index contributed by atoms with van der Waals surface area (Å²) in [5.41, 5.74) is 1.70. The van der Waals surface area contributed by atoms with Crippen LogP contribution in [0.15, 0.2) is 46.0 Å². The third-order valence-electron chi connectivity index (χ3n) is 4.68. The van der Waals surface area contributed by atoms with Gasteiger partial charge in [0.05, 0.1) is 6.54 Å². The lowest BCUT2D eigenvalue weighted by Gasteiger charge is -2.13. The molecular formula is C21H30IN5O2. The van der Waals surface area contributed by atoms with E-state index in [1.807, 2.05) is 37.3 Å². The van der Waals surface area contributed by atoms with Crippen LogP contribution in [0.4, 0.5) is 0 Å². The van der Waals surface area contributed by atoms with Crippen molar-refractivity contribution in [2.24, 2.45) is 4.99 Å². The number of carbonyl (C=O) groups excluding carboxylic acids is 1. The van der Waals surface area contributed by atoms with E-state index in [-0.39, 0.29) is 29.9 Å². The number of nitrogens with zero attached hydrogens (tertiary/aromatic N) is 2. The van der Waals surface area contributed by atoms with E-state index in [9.17, 15) is 4.79 Å². The molecule has 0 saturated heterocycles. The normalized spacial score (nSPS) is 14.3. The smallest absolute Gasteiger partial charge is 0.226 e. The molecule has 3 rings (SSSR count). The number of oxazole rings is 1. The molecular weight excluding hydrogens is 481 g/mol. The Morgan fingerprint density at radius 1 is 1.21 bits per heavy atom. The first-order valence-corrected chi connectivity index (χ1v) is 10.1. The number of aromatic nitrogens is 1. The molecule has 0 spiro atoms. The maximum atomic E-state index is 12.0. The standard InChI is InChI=1S/C21H29N5O2.HI/c1-2-22-21(23-13-12-19(27)25-17-10-6-7-11-17)24-14-18-15-28-20(26-18)16-8-4-3-5-9-16;/h3-5,8-9,15,17H,2,6-7,10-14H2,1H3,(H,25,27)(H2,22,23,24);1H. The van der Waals surface area contributed by atoms with Crippen molar-refractivity contribution in [1.82, 2.24) is 20.9 Å². The highest BCUT2D eigenvalue weighted by Crippen LogP contribution is 2.18.